The van der Waals surface area contributed by atoms with Gasteiger partial charge in [0.1, 0.15) is 0 Å². The lowest BCUT2D eigenvalue weighted by atomic mass is 9.98. The van der Waals surface area contributed by atoms with Crippen molar-refractivity contribution in [3.63, 3.8) is 0 Å². The minimum absolute atomic E-state index is 0.418. The van der Waals surface area contributed by atoms with Crippen LogP contribution in [-0.4, -0.2) is 6.04 Å². The fourth-order valence-corrected chi connectivity index (χ4v) is 3.53. The molecule has 2 unspecified atom stereocenters. The van der Waals surface area contributed by atoms with Crippen molar-refractivity contribution in [3.05, 3.63) is 34.3 Å². The van der Waals surface area contributed by atoms with Gasteiger partial charge in [-0.05, 0) is 44.2 Å². The van der Waals surface area contributed by atoms with E-state index in [2.05, 4.69) is 59.4 Å². The summed E-state index contributed by atoms with van der Waals surface area (Å²) >= 11 is 3.63. The van der Waals surface area contributed by atoms with Crippen molar-refractivity contribution in [2.24, 2.45) is 5.92 Å². The zero-order chi connectivity index (χ0) is 12.3. The number of hydrogen-bond donors (Lipinski definition) is 1. The van der Waals surface area contributed by atoms with Crippen LogP contribution in [0.5, 0.6) is 0 Å². The van der Waals surface area contributed by atoms with E-state index in [0.29, 0.717) is 12.1 Å². The first-order valence-corrected chi connectivity index (χ1v) is 7.48. The van der Waals surface area contributed by atoms with Crippen molar-refractivity contribution in [1.82, 2.24) is 5.32 Å². The van der Waals surface area contributed by atoms with Crippen LogP contribution in [-0.2, 0) is 0 Å². The maximum Gasteiger partial charge on any atom is 0.0305 e. The van der Waals surface area contributed by atoms with E-state index in [1.165, 1.54) is 35.7 Å². The highest BCUT2D eigenvalue weighted by molar-refractivity contribution is 9.10. The maximum atomic E-state index is 3.75. The first-order chi connectivity index (χ1) is 8.18. The zero-order valence-electron chi connectivity index (χ0n) is 10.7. The molecule has 0 aromatic heterocycles. The molecule has 1 aromatic rings. The van der Waals surface area contributed by atoms with Gasteiger partial charge in [-0.1, -0.05) is 47.0 Å². The van der Waals surface area contributed by atoms with E-state index >= 15 is 0 Å². The van der Waals surface area contributed by atoms with E-state index in [1.54, 1.807) is 0 Å². The lowest BCUT2D eigenvalue weighted by molar-refractivity contribution is 0.352. The van der Waals surface area contributed by atoms with Crippen LogP contribution in [0, 0.1) is 5.92 Å². The number of hydrogen-bond acceptors (Lipinski definition) is 1. The van der Waals surface area contributed by atoms with Crippen LogP contribution in [0.2, 0.25) is 0 Å². The number of rotatable bonds is 4. The van der Waals surface area contributed by atoms with Crippen LogP contribution in [0.25, 0.3) is 0 Å². The molecule has 1 aliphatic carbocycles. The van der Waals surface area contributed by atoms with Crippen molar-refractivity contribution in [2.45, 2.75) is 51.6 Å². The van der Waals surface area contributed by atoms with Gasteiger partial charge in [-0.15, -0.1) is 0 Å². The van der Waals surface area contributed by atoms with E-state index in [4.69, 9.17) is 0 Å². The molecular weight excluding hydrogens is 274 g/mol. The molecule has 0 amide bonds. The Morgan fingerprint density at radius 1 is 1.18 bits per heavy atom. The molecule has 17 heavy (non-hydrogen) atoms. The van der Waals surface area contributed by atoms with Gasteiger partial charge in [0.2, 0.25) is 0 Å². The van der Waals surface area contributed by atoms with E-state index in [9.17, 15) is 0 Å². The Bertz CT molecular complexity index is 358. The van der Waals surface area contributed by atoms with Gasteiger partial charge >= 0.3 is 0 Å². The molecule has 1 aromatic carbocycles. The molecule has 0 aliphatic heterocycles. The van der Waals surface area contributed by atoms with Gasteiger partial charge in [-0.2, -0.15) is 0 Å². The standard InChI is InChI=1S/C15H22BrN/c1-11(13-7-3-4-8-13)17-12(2)14-9-5-6-10-15(14)16/h5-6,9-13,17H,3-4,7-8H2,1-2H3. The Kier molecular flexibility index (Phi) is 4.63. The van der Waals surface area contributed by atoms with Gasteiger partial charge in [0.25, 0.3) is 0 Å². The molecule has 2 rings (SSSR count). The van der Waals surface area contributed by atoms with Gasteiger partial charge in [0.05, 0.1) is 0 Å². The lowest BCUT2D eigenvalue weighted by Gasteiger charge is -2.25. The Hall–Kier alpha value is -0.340. The van der Waals surface area contributed by atoms with Gasteiger partial charge in [0.15, 0.2) is 0 Å². The van der Waals surface area contributed by atoms with E-state index in [1.807, 2.05) is 0 Å². The monoisotopic (exact) mass is 295 g/mol. The fraction of sp³-hybridized carbons (Fsp3) is 0.600. The second-order valence-corrected chi connectivity index (χ2v) is 6.10. The average molecular weight is 296 g/mol. The minimum Gasteiger partial charge on any atom is -0.307 e. The molecule has 1 fully saturated rings. The molecular formula is C15H22BrN. The molecule has 0 heterocycles. The van der Waals surface area contributed by atoms with Crippen molar-refractivity contribution < 1.29 is 0 Å². The lowest BCUT2D eigenvalue weighted by Crippen LogP contribution is -2.34. The first-order valence-electron chi connectivity index (χ1n) is 6.69. The summed E-state index contributed by atoms with van der Waals surface area (Å²) < 4.78 is 1.21. The number of halogens is 1. The van der Waals surface area contributed by atoms with E-state index in [-0.39, 0.29) is 0 Å². The summed E-state index contributed by atoms with van der Waals surface area (Å²) in [6, 6.07) is 9.54. The third-order valence-corrected chi connectivity index (χ3v) is 4.71. The van der Waals surface area contributed by atoms with Gasteiger partial charge < -0.3 is 5.32 Å². The molecule has 0 bridgehead atoms. The third-order valence-electron chi connectivity index (χ3n) is 3.99. The second-order valence-electron chi connectivity index (χ2n) is 5.24. The molecule has 1 saturated carbocycles. The fourth-order valence-electron chi connectivity index (χ4n) is 2.90. The van der Waals surface area contributed by atoms with Crippen LogP contribution in [0.1, 0.15) is 51.1 Å². The summed E-state index contributed by atoms with van der Waals surface area (Å²) in [4.78, 5) is 0. The summed E-state index contributed by atoms with van der Waals surface area (Å²) in [5.74, 6) is 0.875. The quantitative estimate of drug-likeness (QED) is 0.850. The molecule has 1 nitrogen and oxygen atoms in total. The largest absolute Gasteiger partial charge is 0.307 e. The maximum absolute atomic E-state index is 3.75. The third kappa shape index (κ3) is 3.32. The predicted molar refractivity (Wildman–Crippen MR) is 77.1 cm³/mol. The zero-order valence-corrected chi connectivity index (χ0v) is 12.3. The van der Waals surface area contributed by atoms with Crippen LogP contribution in [0.3, 0.4) is 0 Å². The molecule has 2 heteroatoms. The predicted octanol–water partition coefficient (Wildman–Crippen LogP) is 4.68. The average Bonchev–Trinajstić information content (AvgIpc) is 2.82. The molecule has 0 radical (unpaired) electrons. The molecule has 1 N–H and O–H groups in total. The van der Waals surface area contributed by atoms with E-state index in [0.717, 1.165) is 5.92 Å². The Balaban J connectivity index is 1.96. The Morgan fingerprint density at radius 3 is 2.47 bits per heavy atom. The van der Waals surface area contributed by atoms with Crippen molar-refractivity contribution in [2.75, 3.05) is 0 Å². The number of benzene rings is 1. The highest BCUT2D eigenvalue weighted by Crippen LogP contribution is 2.30. The van der Waals surface area contributed by atoms with Gasteiger partial charge in [-0.25, -0.2) is 0 Å². The minimum atomic E-state index is 0.418. The van der Waals surface area contributed by atoms with Crippen LogP contribution in [0.15, 0.2) is 28.7 Å². The Labute approximate surface area is 113 Å². The summed E-state index contributed by atoms with van der Waals surface area (Å²) in [7, 11) is 0. The number of nitrogens with one attached hydrogen (secondary N) is 1. The Morgan fingerprint density at radius 2 is 1.82 bits per heavy atom. The van der Waals surface area contributed by atoms with Crippen molar-refractivity contribution >= 4 is 15.9 Å². The van der Waals surface area contributed by atoms with E-state index < -0.39 is 0 Å². The molecule has 94 valence electrons. The molecule has 1 aliphatic rings. The SMILES string of the molecule is CC(NC(C)C1CCCC1)c1ccccc1Br. The topological polar surface area (TPSA) is 12.0 Å². The molecule has 0 saturated heterocycles. The first kappa shape index (κ1) is 13.1. The van der Waals surface area contributed by atoms with Crippen LogP contribution in [0.4, 0.5) is 0 Å². The molecule has 2 atom stereocenters. The van der Waals surface area contributed by atoms with Gasteiger partial charge in [-0.3, -0.25) is 0 Å². The van der Waals surface area contributed by atoms with Crippen LogP contribution < -0.4 is 5.32 Å². The molecule has 0 spiro atoms. The normalized spacial score (nSPS) is 20.4. The summed E-state index contributed by atoms with van der Waals surface area (Å²) in [6.07, 6.45) is 5.63. The second kappa shape index (κ2) is 6.01. The highest BCUT2D eigenvalue weighted by atomic mass is 79.9. The van der Waals surface area contributed by atoms with Crippen molar-refractivity contribution in [1.29, 1.82) is 0 Å². The van der Waals surface area contributed by atoms with Gasteiger partial charge in [0, 0.05) is 16.6 Å². The summed E-state index contributed by atoms with van der Waals surface area (Å²) in [5.41, 5.74) is 1.36. The smallest absolute Gasteiger partial charge is 0.0305 e. The summed E-state index contributed by atoms with van der Waals surface area (Å²) in [6.45, 7) is 4.59. The highest BCUT2D eigenvalue weighted by Gasteiger charge is 2.23. The summed E-state index contributed by atoms with van der Waals surface area (Å²) in [5, 5.41) is 3.75. The van der Waals surface area contributed by atoms with Crippen LogP contribution >= 0.6 is 15.9 Å². The van der Waals surface area contributed by atoms with Crippen molar-refractivity contribution in [3.8, 4) is 0 Å².